The molecule has 6 rings (SSSR count). The topological polar surface area (TPSA) is 72.3 Å². The van der Waals surface area contributed by atoms with Crippen LogP contribution in [0.4, 0.5) is 0 Å². The van der Waals surface area contributed by atoms with E-state index in [-0.39, 0.29) is 22.9 Å². The lowest BCUT2D eigenvalue weighted by Gasteiger charge is -2.31. The summed E-state index contributed by atoms with van der Waals surface area (Å²) in [5, 5.41) is 4.01. The Bertz CT molecular complexity index is 2080. The van der Waals surface area contributed by atoms with Crippen LogP contribution in [0.3, 0.4) is 0 Å². The van der Waals surface area contributed by atoms with Crippen LogP contribution in [0, 0.1) is 5.92 Å². The van der Waals surface area contributed by atoms with Gasteiger partial charge in [-0.1, -0.05) is 92.7 Å². The van der Waals surface area contributed by atoms with Crippen molar-refractivity contribution in [1.82, 2.24) is 13.9 Å². The molecule has 0 radical (unpaired) electrons. The first kappa shape index (κ1) is 26.9. The van der Waals surface area contributed by atoms with Gasteiger partial charge < -0.3 is 0 Å². The number of hydrogen-bond donors (Lipinski definition) is 0. The van der Waals surface area contributed by atoms with Crippen LogP contribution in [-0.4, -0.2) is 28.8 Å². The van der Waals surface area contributed by atoms with E-state index in [4.69, 9.17) is 4.98 Å². The number of para-hydroxylation sites is 1. The second kappa shape index (κ2) is 10.6. The van der Waals surface area contributed by atoms with Gasteiger partial charge in [-0.2, -0.15) is 4.31 Å². The lowest BCUT2D eigenvalue weighted by molar-refractivity contribution is 0.296. The maximum atomic E-state index is 14.5. The molecule has 0 fully saturated rings. The van der Waals surface area contributed by atoms with Crippen LogP contribution in [0.25, 0.3) is 38.1 Å². The van der Waals surface area contributed by atoms with Crippen molar-refractivity contribution in [2.45, 2.75) is 31.7 Å². The average molecular weight is 562 g/mol. The van der Waals surface area contributed by atoms with Gasteiger partial charge in [-0.3, -0.25) is 9.36 Å². The third-order valence-electron chi connectivity index (χ3n) is 7.48. The highest BCUT2D eigenvalue weighted by Gasteiger charge is 2.34. The Labute approximate surface area is 239 Å². The number of benzene rings is 5. The largest absolute Gasteiger partial charge is 0.268 e. The fourth-order valence-corrected chi connectivity index (χ4v) is 7.47. The monoisotopic (exact) mass is 561 g/mol. The molecule has 5 aromatic carbocycles. The molecule has 7 heteroatoms. The van der Waals surface area contributed by atoms with E-state index in [0.29, 0.717) is 27.8 Å². The van der Waals surface area contributed by atoms with E-state index in [0.717, 1.165) is 16.2 Å². The maximum Gasteiger partial charge on any atom is 0.266 e. The number of hydrogen-bond acceptors (Lipinski definition) is 4. The minimum Gasteiger partial charge on any atom is -0.268 e. The highest BCUT2D eigenvalue weighted by Crippen LogP contribution is 2.33. The number of fused-ring (bicyclic) bond motifs is 3. The number of sulfonamides is 1. The quantitative estimate of drug-likeness (QED) is 0.208. The molecule has 0 aliphatic heterocycles. The zero-order chi connectivity index (χ0) is 28.7. The van der Waals surface area contributed by atoms with Gasteiger partial charge in [0, 0.05) is 11.9 Å². The second-order valence-corrected chi connectivity index (χ2v) is 12.6. The Morgan fingerprint density at radius 2 is 1.37 bits per heavy atom. The van der Waals surface area contributed by atoms with Crippen molar-refractivity contribution in [1.29, 1.82) is 0 Å². The highest BCUT2D eigenvalue weighted by atomic mass is 32.2. The van der Waals surface area contributed by atoms with E-state index < -0.39 is 16.1 Å². The molecule has 0 aliphatic rings. The third kappa shape index (κ3) is 4.81. The van der Waals surface area contributed by atoms with Crippen molar-refractivity contribution in [3.63, 3.8) is 0 Å². The van der Waals surface area contributed by atoms with E-state index in [1.165, 1.54) is 4.31 Å². The zero-order valence-electron chi connectivity index (χ0n) is 23.2. The fraction of sp³-hybridized carbons (Fsp3) is 0.176. The van der Waals surface area contributed by atoms with Crippen molar-refractivity contribution >= 4 is 42.5 Å². The first-order valence-corrected chi connectivity index (χ1v) is 15.2. The van der Waals surface area contributed by atoms with Crippen LogP contribution < -0.4 is 5.56 Å². The number of nitrogens with zero attached hydrogens (tertiary/aromatic N) is 3. The average Bonchev–Trinajstić information content (AvgIpc) is 2.98. The standard InChI is InChI=1S/C34H31N3O3S/c1-23(2)22-36(41(39,40)32-18-10-14-26-12-6-7-15-29(26)32)24(3)33-35-31-17-9-8-16-30(31)34(38)37(33)28-20-19-25-11-4-5-13-27(25)21-28/h4-21,23-24H,22H2,1-3H3. The molecule has 1 aromatic heterocycles. The molecule has 0 amide bonds. The summed E-state index contributed by atoms with van der Waals surface area (Å²) < 4.78 is 32.0. The maximum absolute atomic E-state index is 14.5. The summed E-state index contributed by atoms with van der Waals surface area (Å²) in [6.45, 7) is 6.05. The van der Waals surface area contributed by atoms with Crippen LogP contribution in [0.15, 0.2) is 119 Å². The molecule has 0 saturated carbocycles. The Kier molecular flexibility index (Phi) is 6.93. The summed E-state index contributed by atoms with van der Waals surface area (Å²) in [7, 11) is -3.99. The molecule has 206 valence electrons. The molecule has 6 nitrogen and oxygen atoms in total. The van der Waals surface area contributed by atoms with Gasteiger partial charge in [0.15, 0.2) is 0 Å². The molecule has 0 saturated heterocycles. The number of aromatic nitrogens is 2. The summed E-state index contributed by atoms with van der Waals surface area (Å²) in [6, 6.07) is 33.0. The van der Waals surface area contributed by atoms with E-state index in [9.17, 15) is 13.2 Å². The van der Waals surface area contributed by atoms with Crippen molar-refractivity contribution in [3.8, 4) is 5.69 Å². The van der Waals surface area contributed by atoms with Crippen molar-refractivity contribution in [2.75, 3.05) is 6.54 Å². The lowest BCUT2D eigenvalue weighted by Crippen LogP contribution is -2.39. The van der Waals surface area contributed by atoms with Gasteiger partial charge in [0.05, 0.1) is 27.5 Å². The van der Waals surface area contributed by atoms with Gasteiger partial charge >= 0.3 is 0 Å². The number of rotatable bonds is 7. The summed E-state index contributed by atoms with van der Waals surface area (Å²) >= 11 is 0. The smallest absolute Gasteiger partial charge is 0.266 e. The van der Waals surface area contributed by atoms with E-state index in [1.807, 2.05) is 106 Å². The first-order valence-electron chi connectivity index (χ1n) is 13.8. The van der Waals surface area contributed by atoms with Crippen LogP contribution >= 0.6 is 0 Å². The molecule has 1 unspecified atom stereocenters. The van der Waals surface area contributed by atoms with E-state index in [2.05, 4.69) is 0 Å². The first-order chi connectivity index (χ1) is 19.8. The Morgan fingerprint density at radius 3 is 2.12 bits per heavy atom. The van der Waals surface area contributed by atoms with Gasteiger partial charge in [0.25, 0.3) is 5.56 Å². The summed E-state index contributed by atoms with van der Waals surface area (Å²) in [4.78, 5) is 19.3. The van der Waals surface area contributed by atoms with Crippen LogP contribution in [0.5, 0.6) is 0 Å². The van der Waals surface area contributed by atoms with Crippen molar-refractivity contribution < 1.29 is 8.42 Å². The van der Waals surface area contributed by atoms with Crippen LogP contribution in [0.2, 0.25) is 0 Å². The minimum absolute atomic E-state index is 0.0310. The molecule has 6 aromatic rings. The molecule has 0 bridgehead atoms. The van der Waals surface area contributed by atoms with Gasteiger partial charge in [-0.05, 0) is 59.3 Å². The van der Waals surface area contributed by atoms with Crippen molar-refractivity contribution in [3.05, 3.63) is 125 Å². The SMILES string of the molecule is CC(C)CN(C(C)c1nc2ccccc2c(=O)n1-c1ccc2ccccc2c1)S(=O)(=O)c1cccc2ccccc12. The summed E-state index contributed by atoms with van der Waals surface area (Å²) in [5.41, 5.74) is 0.934. The van der Waals surface area contributed by atoms with E-state index in [1.54, 1.807) is 28.8 Å². The van der Waals surface area contributed by atoms with Gasteiger partial charge in [-0.15, -0.1) is 0 Å². The van der Waals surface area contributed by atoms with Crippen LogP contribution in [0.1, 0.15) is 32.6 Å². The Morgan fingerprint density at radius 1 is 0.732 bits per heavy atom. The predicted molar refractivity (Wildman–Crippen MR) is 166 cm³/mol. The Hall–Kier alpha value is -4.33. The molecule has 0 spiro atoms. The normalized spacial score (nSPS) is 13.0. The lowest BCUT2D eigenvalue weighted by atomic mass is 10.1. The molecule has 0 N–H and O–H groups in total. The molecule has 1 atom stereocenters. The van der Waals surface area contributed by atoms with Crippen molar-refractivity contribution in [2.24, 2.45) is 5.92 Å². The van der Waals surface area contributed by atoms with Gasteiger partial charge in [0.1, 0.15) is 5.82 Å². The summed E-state index contributed by atoms with van der Waals surface area (Å²) in [5.74, 6) is 0.400. The predicted octanol–water partition coefficient (Wildman–Crippen LogP) is 7.10. The second-order valence-electron chi connectivity index (χ2n) is 10.8. The van der Waals surface area contributed by atoms with Gasteiger partial charge in [0.2, 0.25) is 10.0 Å². The van der Waals surface area contributed by atoms with Gasteiger partial charge in [-0.25, -0.2) is 13.4 Å². The molecule has 0 aliphatic carbocycles. The molecular weight excluding hydrogens is 530 g/mol. The molecule has 1 heterocycles. The summed E-state index contributed by atoms with van der Waals surface area (Å²) in [6.07, 6.45) is 0. The molecule has 41 heavy (non-hydrogen) atoms. The minimum atomic E-state index is -3.99. The molecular formula is C34H31N3O3S. The zero-order valence-corrected chi connectivity index (χ0v) is 24.0. The van der Waals surface area contributed by atoms with E-state index >= 15 is 0 Å². The third-order valence-corrected chi connectivity index (χ3v) is 9.47. The fourth-order valence-electron chi connectivity index (χ4n) is 5.50. The Balaban J connectivity index is 1.60. The highest BCUT2D eigenvalue weighted by molar-refractivity contribution is 7.89. The van der Waals surface area contributed by atoms with Crippen LogP contribution in [-0.2, 0) is 10.0 Å².